The Morgan fingerprint density at radius 2 is 1.44 bits per heavy atom. The van der Waals surface area contributed by atoms with Gasteiger partial charge in [-0.2, -0.15) is 0 Å². The van der Waals surface area contributed by atoms with E-state index in [0.717, 1.165) is 55.1 Å². The van der Waals surface area contributed by atoms with Gasteiger partial charge in [-0.25, -0.2) is 9.59 Å². The molecule has 0 aliphatic carbocycles. The first kappa shape index (κ1) is 25.2. The molecular formula is C21H24BrN3O7. The maximum atomic E-state index is 10.7. The number of ether oxygens (including phenoxy) is 1. The van der Waals surface area contributed by atoms with E-state index in [9.17, 15) is 10.1 Å². The molecule has 0 saturated carbocycles. The number of non-ortho nitro benzene ring substituents is 1. The summed E-state index contributed by atoms with van der Waals surface area (Å²) in [6, 6.07) is 13.1. The Hall–Kier alpha value is -3.02. The van der Waals surface area contributed by atoms with Crippen LogP contribution in [0.1, 0.15) is 11.1 Å². The zero-order valence-corrected chi connectivity index (χ0v) is 19.0. The Morgan fingerprint density at radius 1 is 0.969 bits per heavy atom. The van der Waals surface area contributed by atoms with Gasteiger partial charge in [-0.1, -0.05) is 18.2 Å². The largest absolute Gasteiger partial charge is 0.496 e. The Kier molecular flexibility index (Phi) is 9.57. The number of nitrogens with zero attached hydrogens (tertiary/aromatic N) is 3. The van der Waals surface area contributed by atoms with Gasteiger partial charge in [0.15, 0.2) is 0 Å². The van der Waals surface area contributed by atoms with Gasteiger partial charge in [0.1, 0.15) is 5.75 Å². The summed E-state index contributed by atoms with van der Waals surface area (Å²) in [7, 11) is 1.67. The van der Waals surface area contributed by atoms with Crippen LogP contribution in [0.5, 0.6) is 5.75 Å². The van der Waals surface area contributed by atoms with Crippen LogP contribution in [0, 0.1) is 10.1 Å². The van der Waals surface area contributed by atoms with E-state index in [-0.39, 0.29) is 10.6 Å². The minimum Gasteiger partial charge on any atom is -0.496 e. The lowest BCUT2D eigenvalue weighted by molar-refractivity contribution is -0.384. The molecule has 1 fully saturated rings. The average Bonchev–Trinajstić information content (AvgIpc) is 2.76. The minimum atomic E-state index is -1.82. The van der Waals surface area contributed by atoms with Crippen LogP contribution in [0.2, 0.25) is 0 Å². The van der Waals surface area contributed by atoms with Crippen molar-refractivity contribution in [2.75, 3.05) is 33.3 Å². The Balaban J connectivity index is 0.000000534. The summed E-state index contributed by atoms with van der Waals surface area (Å²) >= 11 is 3.54. The average molecular weight is 510 g/mol. The number of benzene rings is 2. The van der Waals surface area contributed by atoms with Crippen molar-refractivity contribution in [3.05, 3.63) is 68.2 Å². The summed E-state index contributed by atoms with van der Waals surface area (Å²) in [5.74, 6) is -2.80. The number of rotatable bonds is 6. The molecule has 0 unspecified atom stereocenters. The van der Waals surface area contributed by atoms with E-state index in [1.165, 1.54) is 5.56 Å². The van der Waals surface area contributed by atoms with Crippen LogP contribution >= 0.6 is 15.9 Å². The fourth-order valence-electron chi connectivity index (χ4n) is 3.15. The maximum absolute atomic E-state index is 10.7. The van der Waals surface area contributed by atoms with Crippen molar-refractivity contribution in [1.29, 1.82) is 0 Å². The van der Waals surface area contributed by atoms with Gasteiger partial charge in [-0.15, -0.1) is 0 Å². The van der Waals surface area contributed by atoms with E-state index in [1.54, 1.807) is 19.2 Å². The van der Waals surface area contributed by atoms with E-state index in [2.05, 4.69) is 37.9 Å². The molecule has 0 atom stereocenters. The monoisotopic (exact) mass is 509 g/mol. The minimum absolute atomic E-state index is 0.143. The van der Waals surface area contributed by atoms with Crippen molar-refractivity contribution in [3.63, 3.8) is 0 Å². The Bertz CT molecular complexity index is 933. The van der Waals surface area contributed by atoms with Gasteiger partial charge in [0, 0.05) is 51.4 Å². The van der Waals surface area contributed by atoms with Crippen LogP contribution in [0.3, 0.4) is 0 Å². The standard InChI is InChI=1S/C19H22BrN3O3.C2H2O4/c1-26-19-7-4-16(12-18(19)20)14-22-10-8-21(9-11-22)13-15-2-5-17(6-3-15)23(24)25;3-1(4)2(5)6/h2-7,12H,8-11,13-14H2,1H3;(H,3,4)(H,5,6). The summed E-state index contributed by atoms with van der Waals surface area (Å²) in [6.45, 7) is 5.77. The highest BCUT2D eigenvalue weighted by Crippen LogP contribution is 2.26. The first-order valence-electron chi connectivity index (χ1n) is 9.66. The normalized spacial score (nSPS) is 14.2. The molecule has 1 aliphatic rings. The fourth-order valence-corrected chi connectivity index (χ4v) is 3.74. The van der Waals surface area contributed by atoms with Crippen LogP contribution in [-0.2, 0) is 22.7 Å². The lowest BCUT2D eigenvalue weighted by atomic mass is 10.1. The summed E-state index contributed by atoms with van der Waals surface area (Å²) in [6.07, 6.45) is 0. The Morgan fingerprint density at radius 3 is 1.84 bits per heavy atom. The number of hydrogen-bond donors (Lipinski definition) is 2. The van der Waals surface area contributed by atoms with Crippen LogP contribution in [0.25, 0.3) is 0 Å². The second-order valence-electron chi connectivity index (χ2n) is 7.06. The summed E-state index contributed by atoms with van der Waals surface area (Å²) in [5, 5.41) is 25.5. The molecular weight excluding hydrogens is 486 g/mol. The molecule has 2 aromatic rings. The summed E-state index contributed by atoms with van der Waals surface area (Å²) < 4.78 is 6.26. The zero-order valence-electron chi connectivity index (χ0n) is 17.4. The summed E-state index contributed by atoms with van der Waals surface area (Å²) in [4.78, 5) is 33.4. The molecule has 10 nitrogen and oxygen atoms in total. The third kappa shape index (κ3) is 7.91. The van der Waals surface area contributed by atoms with Crippen LogP contribution in [0.4, 0.5) is 5.69 Å². The molecule has 2 aromatic carbocycles. The van der Waals surface area contributed by atoms with Crippen molar-refractivity contribution in [1.82, 2.24) is 9.80 Å². The van der Waals surface area contributed by atoms with Crippen LogP contribution < -0.4 is 4.74 Å². The van der Waals surface area contributed by atoms with Gasteiger partial charge in [0.2, 0.25) is 0 Å². The predicted octanol–water partition coefficient (Wildman–Crippen LogP) is 2.84. The van der Waals surface area contributed by atoms with E-state index in [1.807, 2.05) is 18.2 Å². The number of halogens is 1. The number of nitro benzene ring substituents is 1. The third-order valence-corrected chi connectivity index (χ3v) is 5.44. The third-order valence-electron chi connectivity index (χ3n) is 4.82. The molecule has 1 heterocycles. The second-order valence-corrected chi connectivity index (χ2v) is 7.91. The SMILES string of the molecule is COc1ccc(CN2CCN(Cc3ccc([N+](=O)[O-])cc3)CC2)cc1Br.O=C(O)C(=O)O. The van der Waals surface area contributed by atoms with Gasteiger partial charge >= 0.3 is 11.9 Å². The molecule has 172 valence electrons. The highest BCUT2D eigenvalue weighted by molar-refractivity contribution is 9.10. The van der Waals surface area contributed by atoms with E-state index < -0.39 is 11.9 Å². The number of carboxylic acids is 2. The van der Waals surface area contributed by atoms with Crippen molar-refractivity contribution < 1.29 is 29.5 Å². The number of piperazine rings is 1. The number of carboxylic acid groups (broad SMARTS) is 2. The highest BCUT2D eigenvalue weighted by atomic mass is 79.9. The number of nitro groups is 1. The first-order chi connectivity index (χ1) is 15.2. The summed E-state index contributed by atoms with van der Waals surface area (Å²) in [5.41, 5.74) is 2.52. The van der Waals surface area contributed by atoms with Crippen molar-refractivity contribution in [3.8, 4) is 5.75 Å². The maximum Gasteiger partial charge on any atom is 0.414 e. The van der Waals surface area contributed by atoms with Gasteiger partial charge < -0.3 is 14.9 Å². The van der Waals surface area contributed by atoms with Gasteiger partial charge in [0.05, 0.1) is 16.5 Å². The molecule has 11 heteroatoms. The Labute approximate surface area is 193 Å². The molecule has 0 aromatic heterocycles. The van der Waals surface area contributed by atoms with Gasteiger partial charge in [0.25, 0.3) is 5.69 Å². The first-order valence-corrected chi connectivity index (χ1v) is 10.5. The van der Waals surface area contributed by atoms with Crippen molar-refractivity contribution in [2.24, 2.45) is 0 Å². The highest BCUT2D eigenvalue weighted by Gasteiger charge is 2.18. The smallest absolute Gasteiger partial charge is 0.414 e. The van der Waals surface area contributed by atoms with Crippen LogP contribution in [0.15, 0.2) is 46.9 Å². The zero-order chi connectivity index (χ0) is 23.7. The number of carbonyl (C=O) groups is 2. The second kappa shape index (κ2) is 12.1. The van der Waals surface area contributed by atoms with E-state index in [4.69, 9.17) is 24.5 Å². The van der Waals surface area contributed by atoms with Gasteiger partial charge in [-0.05, 0) is 39.2 Å². The van der Waals surface area contributed by atoms with E-state index >= 15 is 0 Å². The number of hydrogen-bond acceptors (Lipinski definition) is 7. The predicted molar refractivity (Wildman–Crippen MR) is 120 cm³/mol. The van der Waals surface area contributed by atoms with Crippen molar-refractivity contribution in [2.45, 2.75) is 13.1 Å². The molecule has 1 saturated heterocycles. The molecule has 1 aliphatic heterocycles. The molecule has 0 radical (unpaired) electrons. The van der Waals surface area contributed by atoms with Crippen LogP contribution in [-0.4, -0.2) is 70.2 Å². The number of aliphatic carboxylic acids is 2. The quantitative estimate of drug-likeness (QED) is 0.342. The lowest BCUT2D eigenvalue weighted by Crippen LogP contribution is -2.45. The fraction of sp³-hybridized carbons (Fsp3) is 0.333. The molecule has 3 rings (SSSR count). The van der Waals surface area contributed by atoms with Gasteiger partial charge in [-0.3, -0.25) is 19.9 Å². The molecule has 2 N–H and O–H groups in total. The molecule has 32 heavy (non-hydrogen) atoms. The van der Waals surface area contributed by atoms with Crippen molar-refractivity contribution >= 4 is 33.6 Å². The molecule has 0 amide bonds. The lowest BCUT2D eigenvalue weighted by Gasteiger charge is -2.34. The molecule has 0 bridgehead atoms. The topological polar surface area (TPSA) is 133 Å². The molecule has 0 spiro atoms. The van der Waals surface area contributed by atoms with E-state index in [0.29, 0.717) is 0 Å². The number of methoxy groups -OCH3 is 1.